The summed E-state index contributed by atoms with van der Waals surface area (Å²) in [6.07, 6.45) is 1.51. The van der Waals surface area contributed by atoms with Crippen molar-refractivity contribution in [3.63, 3.8) is 0 Å². The van der Waals surface area contributed by atoms with Gasteiger partial charge in [0.25, 0.3) is 0 Å². The Kier molecular flexibility index (Phi) is 6.67. The lowest BCUT2D eigenvalue weighted by Crippen LogP contribution is -2.31. The maximum absolute atomic E-state index is 12.2. The highest BCUT2D eigenvalue weighted by Gasteiger charge is 2.13. The second-order valence-electron chi connectivity index (χ2n) is 5.82. The largest absolute Gasteiger partial charge is 0.493 e. The van der Waals surface area contributed by atoms with Crippen molar-refractivity contribution in [1.29, 1.82) is 0 Å². The minimum atomic E-state index is -0.0437. The zero-order valence-electron chi connectivity index (χ0n) is 14.5. The second-order valence-corrected chi connectivity index (χ2v) is 5.82. The Balaban J connectivity index is 1.82. The summed E-state index contributed by atoms with van der Waals surface area (Å²) in [5, 5.41) is 3.01. The van der Waals surface area contributed by atoms with Gasteiger partial charge in [0.1, 0.15) is 0 Å². The van der Waals surface area contributed by atoms with Crippen molar-refractivity contribution in [2.24, 2.45) is 5.92 Å². The summed E-state index contributed by atoms with van der Waals surface area (Å²) in [7, 11) is 3.24. The molecule has 0 heterocycles. The van der Waals surface area contributed by atoms with Crippen LogP contribution in [0.5, 0.6) is 11.5 Å². The zero-order chi connectivity index (χ0) is 17.4. The molecule has 0 aromatic heterocycles. The molecule has 0 saturated carbocycles. The second kappa shape index (κ2) is 8.96. The van der Waals surface area contributed by atoms with Crippen molar-refractivity contribution in [2.75, 3.05) is 20.8 Å². The molecule has 1 unspecified atom stereocenters. The highest BCUT2D eigenvalue weighted by molar-refractivity contribution is 5.78. The first kappa shape index (κ1) is 17.9. The van der Waals surface area contributed by atoms with Crippen molar-refractivity contribution in [1.82, 2.24) is 5.32 Å². The molecule has 0 aliphatic heterocycles. The fraction of sp³-hybridized carbons (Fsp3) is 0.350. The molecule has 2 aromatic rings. The van der Waals surface area contributed by atoms with Crippen LogP contribution in [0.4, 0.5) is 0 Å². The van der Waals surface area contributed by atoms with Crippen molar-refractivity contribution >= 4 is 5.91 Å². The summed E-state index contributed by atoms with van der Waals surface area (Å²) in [5.74, 6) is 1.46. The van der Waals surface area contributed by atoms with E-state index in [9.17, 15) is 4.79 Å². The highest BCUT2D eigenvalue weighted by atomic mass is 16.5. The molecule has 24 heavy (non-hydrogen) atoms. The van der Waals surface area contributed by atoms with E-state index in [4.69, 9.17) is 9.47 Å². The normalized spacial score (nSPS) is 11.6. The first-order chi connectivity index (χ1) is 11.6. The minimum absolute atomic E-state index is 0.0437. The number of rotatable bonds is 8. The number of nitrogens with one attached hydrogen (secondary N) is 1. The first-order valence-electron chi connectivity index (χ1n) is 8.16. The molecule has 2 aromatic carbocycles. The predicted molar refractivity (Wildman–Crippen MR) is 95.6 cm³/mol. The predicted octanol–water partition coefficient (Wildman–Crippen LogP) is 3.24. The number of methoxy groups -OCH3 is 2. The van der Waals surface area contributed by atoms with Gasteiger partial charge >= 0.3 is 0 Å². The number of carbonyl (C=O) groups is 1. The lowest BCUT2D eigenvalue weighted by atomic mass is 10.0. The summed E-state index contributed by atoms with van der Waals surface area (Å²) >= 11 is 0. The lowest BCUT2D eigenvalue weighted by Gasteiger charge is -2.13. The smallest absolute Gasteiger partial charge is 0.223 e. The Morgan fingerprint density at radius 2 is 1.71 bits per heavy atom. The van der Waals surface area contributed by atoms with Crippen LogP contribution >= 0.6 is 0 Å². The van der Waals surface area contributed by atoms with E-state index in [-0.39, 0.29) is 11.8 Å². The molecule has 1 atom stereocenters. The van der Waals surface area contributed by atoms with Crippen LogP contribution in [0.15, 0.2) is 48.5 Å². The quantitative estimate of drug-likeness (QED) is 0.810. The van der Waals surface area contributed by atoms with Crippen LogP contribution in [0.25, 0.3) is 0 Å². The van der Waals surface area contributed by atoms with E-state index in [1.165, 1.54) is 5.56 Å². The molecule has 0 aliphatic rings. The van der Waals surface area contributed by atoms with Gasteiger partial charge in [-0.1, -0.05) is 43.3 Å². The van der Waals surface area contributed by atoms with E-state index >= 15 is 0 Å². The Hall–Kier alpha value is -2.49. The van der Waals surface area contributed by atoms with Crippen LogP contribution in [0, 0.1) is 5.92 Å². The maximum Gasteiger partial charge on any atom is 0.223 e. The minimum Gasteiger partial charge on any atom is -0.493 e. The van der Waals surface area contributed by atoms with Crippen LogP contribution < -0.4 is 14.8 Å². The Bertz CT molecular complexity index is 655. The van der Waals surface area contributed by atoms with Gasteiger partial charge in [-0.2, -0.15) is 0 Å². The fourth-order valence-electron chi connectivity index (χ4n) is 2.60. The van der Waals surface area contributed by atoms with Crippen LogP contribution in [0.2, 0.25) is 0 Å². The number of benzene rings is 2. The molecule has 4 nitrogen and oxygen atoms in total. The fourth-order valence-corrected chi connectivity index (χ4v) is 2.60. The van der Waals surface area contributed by atoms with Gasteiger partial charge in [0, 0.05) is 12.5 Å². The highest BCUT2D eigenvalue weighted by Crippen LogP contribution is 2.27. The van der Waals surface area contributed by atoms with Crippen molar-refractivity contribution in [3.8, 4) is 11.5 Å². The van der Waals surface area contributed by atoms with Crippen LogP contribution in [0.1, 0.15) is 18.1 Å². The molecule has 0 aliphatic carbocycles. The number of hydrogen-bond donors (Lipinski definition) is 1. The topological polar surface area (TPSA) is 47.6 Å². The van der Waals surface area contributed by atoms with E-state index < -0.39 is 0 Å². The van der Waals surface area contributed by atoms with Gasteiger partial charge in [-0.3, -0.25) is 4.79 Å². The molecule has 1 N–H and O–H groups in total. The molecular formula is C20H25NO3. The lowest BCUT2D eigenvalue weighted by molar-refractivity contribution is -0.124. The molecule has 0 fully saturated rings. The van der Waals surface area contributed by atoms with E-state index in [0.29, 0.717) is 18.0 Å². The third-order valence-electron chi connectivity index (χ3n) is 3.99. The van der Waals surface area contributed by atoms with Crippen LogP contribution in [0.3, 0.4) is 0 Å². The standard InChI is InChI=1S/C20H25NO3/c1-15(13-16-7-5-4-6-8-16)20(22)21-12-11-17-9-10-18(23-2)19(14-17)24-3/h4-10,14-15H,11-13H2,1-3H3,(H,21,22). The molecule has 0 saturated heterocycles. The molecule has 1 amide bonds. The van der Waals surface area contributed by atoms with Crippen molar-refractivity contribution in [2.45, 2.75) is 19.8 Å². The van der Waals surface area contributed by atoms with Gasteiger partial charge in [0.2, 0.25) is 5.91 Å². The molecule has 0 radical (unpaired) electrons. The zero-order valence-corrected chi connectivity index (χ0v) is 14.5. The van der Waals surface area contributed by atoms with E-state index in [2.05, 4.69) is 5.32 Å². The molecule has 2 rings (SSSR count). The third kappa shape index (κ3) is 5.01. The molecule has 0 bridgehead atoms. The molecule has 0 spiro atoms. The van der Waals surface area contributed by atoms with E-state index in [0.717, 1.165) is 18.4 Å². The van der Waals surface area contributed by atoms with Gasteiger partial charge in [0.15, 0.2) is 11.5 Å². The van der Waals surface area contributed by atoms with Gasteiger partial charge in [0.05, 0.1) is 14.2 Å². The first-order valence-corrected chi connectivity index (χ1v) is 8.16. The van der Waals surface area contributed by atoms with Crippen LogP contribution in [-0.4, -0.2) is 26.7 Å². The number of ether oxygens (including phenoxy) is 2. The average molecular weight is 327 g/mol. The average Bonchev–Trinajstić information content (AvgIpc) is 2.62. The Morgan fingerprint density at radius 3 is 2.38 bits per heavy atom. The monoisotopic (exact) mass is 327 g/mol. The van der Waals surface area contributed by atoms with Gasteiger partial charge < -0.3 is 14.8 Å². The van der Waals surface area contributed by atoms with Gasteiger partial charge in [-0.15, -0.1) is 0 Å². The van der Waals surface area contributed by atoms with Gasteiger partial charge in [-0.05, 0) is 36.1 Å². The molecule has 128 valence electrons. The molecule has 4 heteroatoms. The number of amides is 1. The maximum atomic E-state index is 12.2. The van der Waals surface area contributed by atoms with Crippen LogP contribution in [-0.2, 0) is 17.6 Å². The summed E-state index contributed by atoms with van der Waals surface area (Å²) in [4.78, 5) is 12.2. The van der Waals surface area contributed by atoms with Gasteiger partial charge in [-0.25, -0.2) is 0 Å². The Labute approximate surface area is 143 Å². The summed E-state index contributed by atoms with van der Waals surface area (Å²) in [5.41, 5.74) is 2.28. The summed E-state index contributed by atoms with van der Waals surface area (Å²) in [6, 6.07) is 15.9. The summed E-state index contributed by atoms with van der Waals surface area (Å²) in [6.45, 7) is 2.56. The van der Waals surface area contributed by atoms with E-state index in [1.807, 2.05) is 55.5 Å². The number of hydrogen-bond acceptors (Lipinski definition) is 3. The van der Waals surface area contributed by atoms with Crippen molar-refractivity contribution in [3.05, 3.63) is 59.7 Å². The third-order valence-corrected chi connectivity index (χ3v) is 3.99. The van der Waals surface area contributed by atoms with E-state index in [1.54, 1.807) is 14.2 Å². The van der Waals surface area contributed by atoms with Crippen molar-refractivity contribution < 1.29 is 14.3 Å². The Morgan fingerprint density at radius 1 is 1.00 bits per heavy atom. The number of carbonyl (C=O) groups excluding carboxylic acids is 1. The summed E-state index contributed by atoms with van der Waals surface area (Å²) < 4.78 is 10.5. The molecular weight excluding hydrogens is 302 g/mol. The SMILES string of the molecule is COc1ccc(CCNC(=O)C(C)Cc2ccccc2)cc1OC.